The Morgan fingerprint density at radius 3 is 1.22 bits per heavy atom. The first-order valence-corrected chi connectivity index (χ1v) is 10.6. The van der Waals surface area contributed by atoms with Crippen molar-refractivity contribution in [3.8, 4) is 0 Å². The lowest BCUT2D eigenvalue weighted by atomic mass is 10.1. The molecule has 0 saturated carbocycles. The predicted molar refractivity (Wildman–Crippen MR) is 102 cm³/mol. The van der Waals surface area contributed by atoms with Crippen LogP contribution in [0.2, 0.25) is 0 Å². The van der Waals surface area contributed by atoms with E-state index in [-0.39, 0.29) is 0 Å². The third-order valence-corrected chi connectivity index (χ3v) is 4.59. The fourth-order valence-corrected chi connectivity index (χ4v) is 2.99. The molecule has 0 spiro atoms. The lowest BCUT2D eigenvalue weighted by molar-refractivity contribution is 0.125. The van der Waals surface area contributed by atoms with E-state index in [1.165, 1.54) is 103 Å². The van der Waals surface area contributed by atoms with Crippen LogP contribution < -0.4 is 0 Å². The van der Waals surface area contributed by atoms with Crippen molar-refractivity contribution in [3.05, 3.63) is 0 Å². The van der Waals surface area contributed by atoms with Gasteiger partial charge in [0.25, 0.3) is 0 Å². The molecule has 0 aromatic carbocycles. The minimum Gasteiger partial charge on any atom is -0.396 e. The number of hydrogen-bond acceptors (Lipinski definition) is 2. The highest BCUT2D eigenvalue weighted by atomic mass is 16.5. The molecule has 0 heterocycles. The number of aliphatic hydroxyl groups is 1. The standard InChI is InChI=1S/C21H44O2/c1-2-3-4-5-14-17-20-23-21-18-15-12-10-8-6-7-9-11-13-16-19-22/h22H,2-21H2,1H3. The maximum absolute atomic E-state index is 8.70. The first-order chi connectivity index (χ1) is 11.4. The molecule has 0 atom stereocenters. The molecule has 0 aliphatic carbocycles. The van der Waals surface area contributed by atoms with Crippen molar-refractivity contribution >= 4 is 0 Å². The Morgan fingerprint density at radius 1 is 0.478 bits per heavy atom. The molecule has 23 heavy (non-hydrogen) atoms. The van der Waals surface area contributed by atoms with E-state index >= 15 is 0 Å². The van der Waals surface area contributed by atoms with E-state index in [1.54, 1.807) is 0 Å². The molecule has 0 radical (unpaired) electrons. The van der Waals surface area contributed by atoms with Gasteiger partial charge in [-0.2, -0.15) is 0 Å². The van der Waals surface area contributed by atoms with Gasteiger partial charge in [0.2, 0.25) is 0 Å². The summed E-state index contributed by atoms with van der Waals surface area (Å²) in [6.45, 7) is 4.58. The topological polar surface area (TPSA) is 29.5 Å². The van der Waals surface area contributed by atoms with Crippen LogP contribution in [-0.4, -0.2) is 24.9 Å². The Kier molecular flexibility index (Phi) is 21.8. The Bertz CT molecular complexity index is 174. The summed E-state index contributed by atoms with van der Waals surface area (Å²) in [5.74, 6) is 0. The van der Waals surface area contributed by atoms with E-state index in [1.807, 2.05) is 0 Å². The van der Waals surface area contributed by atoms with Crippen LogP contribution in [0.15, 0.2) is 0 Å². The van der Waals surface area contributed by atoms with Gasteiger partial charge in [-0.1, -0.05) is 96.8 Å². The first kappa shape index (κ1) is 22.9. The number of aliphatic hydroxyl groups excluding tert-OH is 1. The fraction of sp³-hybridized carbons (Fsp3) is 1.00. The monoisotopic (exact) mass is 328 g/mol. The highest BCUT2D eigenvalue weighted by molar-refractivity contribution is 4.49. The molecule has 0 saturated heterocycles. The molecule has 2 heteroatoms. The molecule has 0 unspecified atom stereocenters. The molecule has 0 aliphatic rings. The minimum atomic E-state index is 0.364. The number of hydrogen-bond donors (Lipinski definition) is 1. The summed E-state index contributed by atoms with van der Waals surface area (Å²) in [6, 6.07) is 0. The quantitative estimate of drug-likeness (QED) is 0.254. The zero-order chi connectivity index (χ0) is 16.8. The van der Waals surface area contributed by atoms with Crippen LogP contribution in [0.4, 0.5) is 0 Å². The van der Waals surface area contributed by atoms with E-state index in [0.717, 1.165) is 19.6 Å². The molecule has 0 aromatic heterocycles. The van der Waals surface area contributed by atoms with Crippen LogP contribution in [-0.2, 0) is 4.74 Å². The summed E-state index contributed by atoms with van der Waals surface area (Å²) in [6.07, 6.45) is 22.5. The minimum absolute atomic E-state index is 0.364. The average molecular weight is 329 g/mol. The Morgan fingerprint density at radius 2 is 0.826 bits per heavy atom. The third kappa shape index (κ3) is 21.9. The van der Waals surface area contributed by atoms with Crippen LogP contribution in [0, 0.1) is 0 Å². The Balaban J connectivity index is 2.92. The van der Waals surface area contributed by atoms with Gasteiger partial charge >= 0.3 is 0 Å². The summed E-state index contributed by atoms with van der Waals surface area (Å²) < 4.78 is 5.71. The normalized spacial score (nSPS) is 11.2. The summed E-state index contributed by atoms with van der Waals surface area (Å²) in [5, 5.41) is 8.70. The van der Waals surface area contributed by atoms with Crippen molar-refractivity contribution in [2.24, 2.45) is 0 Å². The molecule has 140 valence electrons. The van der Waals surface area contributed by atoms with Crippen molar-refractivity contribution in [3.63, 3.8) is 0 Å². The molecule has 0 aliphatic heterocycles. The Hall–Kier alpha value is -0.0800. The molecule has 0 amide bonds. The second kappa shape index (κ2) is 21.9. The molecule has 0 bridgehead atoms. The lowest BCUT2D eigenvalue weighted by Gasteiger charge is -2.05. The second-order valence-electron chi connectivity index (χ2n) is 6.99. The Labute approximate surface area is 146 Å². The van der Waals surface area contributed by atoms with Gasteiger partial charge in [0.05, 0.1) is 0 Å². The van der Waals surface area contributed by atoms with Gasteiger partial charge in [-0.25, -0.2) is 0 Å². The predicted octanol–water partition coefficient (Wildman–Crippen LogP) is 6.65. The van der Waals surface area contributed by atoms with Crippen molar-refractivity contribution in [2.75, 3.05) is 19.8 Å². The second-order valence-corrected chi connectivity index (χ2v) is 6.99. The summed E-state index contributed by atoms with van der Waals surface area (Å²) in [7, 11) is 0. The average Bonchev–Trinajstić information content (AvgIpc) is 2.57. The molecular weight excluding hydrogens is 284 g/mol. The van der Waals surface area contributed by atoms with E-state index in [4.69, 9.17) is 9.84 Å². The first-order valence-electron chi connectivity index (χ1n) is 10.6. The van der Waals surface area contributed by atoms with Gasteiger partial charge < -0.3 is 9.84 Å². The highest BCUT2D eigenvalue weighted by Gasteiger charge is 1.94. The summed E-state index contributed by atoms with van der Waals surface area (Å²) in [4.78, 5) is 0. The van der Waals surface area contributed by atoms with Crippen molar-refractivity contribution in [1.82, 2.24) is 0 Å². The smallest absolute Gasteiger partial charge is 0.0466 e. The molecule has 0 aromatic rings. The van der Waals surface area contributed by atoms with Gasteiger partial charge in [-0.05, 0) is 19.3 Å². The van der Waals surface area contributed by atoms with Crippen LogP contribution in [0.3, 0.4) is 0 Å². The zero-order valence-corrected chi connectivity index (χ0v) is 16.0. The molecule has 0 rings (SSSR count). The molecule has 0 fully saturated rings. The van der Waals surface area contributed by atoms with Gasteiger partial charge in [-0.15, -0.1) is 0 Å². The van der Waals surface area contributed by atoms with Gasteiger partial charge in [-0.3, -0.25) is 0 Å². The maximum atomic E-state index is 8.70. The van der Waals surface area contributed by atoms with Crippen molar-refractivity contribution < 1.29 is 9.84 Å². The molecule has 1 N–H and O–H groups in total. The van der Waals surface area contributed by atoms with E-state index in [9.17, 15) is 0 Å². The van der Waals surface area contributed by atoms with Gasteiger partial charge in [0.1, 0.15) is 0 Å². The van der Waals surface area contributed by atoms with Gasteiger partial charge in [0, 0.05) is 19.8 Å². The number of rotatable bonds is 20. The van der Waals surface area contributed by atoms with Crippen molar-refractivity contribution in [2.45, 2.75) is 116 Å². The molecular formula is C21H44O2. The number of ether oxygens (including phenoxy) is 1. The van der Waals surface area contributed by atoms with E-state index in [2.05, 4.69) is 6.92 Å². The van der Waals surface area contributed by atoms with Crippen LogP contribution in [0.1, 0.15) is 116 Å². The SMILES string of the molecule is CCCCCCCCOCCCCCCCCCCCCCO. The van der Waals surface area contributed by atoms with E-state index < -0.39 is 0 Å². The third-order valence-electron chi connectivity index (χ3n) is 4.59. The van der Waals surface area contributed by atoms with E-state index in [0.29, 0.717) is 6.61 Å². The summed E-state index contributed by atoms with van der Waals surface area (Å²) >= 11 is 0. The van der Waals surface area contributed by atoms with Crippen LogP contribution in [0.25, 0.3) is 0 Å². The lowest BCUT2D eigenvalue weighted by Crippen LogP contribution is -1.97. The summed E-state index contributed by atoms with van der Waals surface area (Å²) in [5.41, 5.74) is 0. The van der Waals surface area contributed by atoms with Gasteiger partial charge in [0.15, 0.2) is 0 Å². The zero-order valence-electron chi connectivity index (χ0n) is 16.0. The number of unbranched alkanes of at least 4 members (excludes halogenated alkanes) is 15. The van der Waals surface area contributed by atoms with Crippen LogP contribution >= 0.6 is 0 Å². The fourth-order valence-electron chi connectivity index (χ4n) is 2.99. The molecule has 2 nitrogen and oxygen atoms in total. The van der Waals surface area contributed by atoms with Crippen LogP contribution in [0.5, 0.6) is 0 Å². The van der Waals surface area contributed by atoms with Crippen molar-refractivity contribution in [1.29, 1.82) is 0 Å². The maximum Gasteiger partial charge on any atom is 0.0466 e. The largest absolute Gasteiger partial charge is 0.396 e. The highest BCUT2D eigenvalue weighted by Crippen LogP contribution is 2.11.